The fourth-order valence-electron chi connectivity index (χ4n) is 2.22. The molecule has 0 aromatic heterocycles. The van der Waals surface area contributed by atoms with Gasteiger partial charge in [-0.2, -0.15) is 0 Å². The molecule has 1 aliphatic rings. The summed E-state index contributed by atoms with van der Waals surface area (Å²) in [6.07, 6.45) is 4.58. The molecule has 0 aliphatic heterocycles. The summed E-state index contributed by atoms with van der Waals surface area (Å²) in [5.74, 6) is 0.812. The molecule has 0 amide bonds. The summed E-state index contributed by atoms with van der Waals surface area (Å²) in [5.41, 5.74) is 0.901. The zero-order valence-electron chi connectivity index (χ0n) is 8.78. The maximum absolute atomic E-state index is 11.6. The number of aromatic hydroxyl groups is 1. The average Bonchev–Trinajstić information content (AvgIpc) is 2.24. The molecular formula is C13H16O2. The first-order valence-electron chi connectivity index (χ1n) is 5.57. The van der Waals surface area contributed by atoms with Crippen molar-refractivity contribution in [2.45, 2.75) is 32.1 Å². The molecule has 1 saturated carbocycles. The molecule has 15 heavy (non-hydrogen) atoms. The van der Waals surface area contributed by atoms with Crippen LogP contribution < -0.4 is 0 Å². The van der Waals surface area contributed by atoms with Crippen molar-refractivity contribution in [1.29, 1.82) is 0 Å². The standard InChI is InChI=1S/C13H16O2/c14-12-7-3-1-5-10(12)9-11-6-2-4-8-13(11)15/h1,3,5,7,11,14H,2,4,6,8-9H2/t11-/m0/s1. The van der Waals surface area contributed by atoms with Gasteiger partial charge in [-0.3, -0.25) is 4.79 Å². The van der Waals surface area contributed by atoms with Crippen LogP contribution in [0.5, 0.6) is 5.75 Å². The van der Waals surface area contributed by atoms with E-state index >= 15 is 0 Å². The van der Waals surface area contributed by atoms with Crippen LogP contribution in [0.15, 0.2) is 24.3 Å². The Morgan fingerprint density at radius 3 is 2.80 bits per heavy atom. The van der Waals surface area contributed by atoms with Crippen LogP contribution in [0.2, 0.25) is 0 Å². The van der Waals surface area contributed by atoms with Crippen molar-refractivity contribution in [3.63, 3.8) is 0 Å². The maximum Gasteiger partial charge on any atom is 0.136 e. The zero-order valence-corrected chi connectivity index (χ0v) is 8.78. The van der Waals surface area contributed by atoms with Crippen LogP contribution in [-0.4, -0.2) is 10.9 Å². The minimum atomic E-state index is 0.132. The third-order valence-electron chi connectivity index (χ3n) is 3.14. The van der Waals surface area contributed by atoms with Gasteiger partial charge in [0.05, 0.1) is 0 Å². The molecule has 2 heteroatoms. The van der Waals surface area contributed by atoms with Crippen LogP contribution in [0.4, 0.5) is 0 Å². The third kappa shape index (κ3) is 2.38. The van der Waals surface area contributed by atoms with Crippen molar-refractivity contribution in [3.8, 4) is 5.75 Å². The molecular weight excluding hydrogens is 188 g/mol. The first kappa shape index (κ1) is 10.2. The minimum absolute atomic E-state index is 0.132. The second-order valence-corrected chi connectivity index (χ2v) is 4.24. The molecule has 0 bridgehead atoms. The monoisotopic (exact) mass is 204 g/mol. The molecule has 2 rings (SSSR count). The molecule has 1 fully saturated rings. The predicted molar refractivity (Wildman–Crippen MR) is 58.8 cm³/mol. The summed E-state index contributed by atoms with van der Waals surface area (Å²) >= 11 is 0. The molecule has 1 aliphatic carbocycles. The summed E-state index contributed by atoms with van der Waals surface area (Å²) < 4.78 is 0. The highest BCUT2D eigenvalue weighted by Crippen LogP contribution is 2.27. The van der Waals surface area contributed by atoms with Gasteiger partial charge >= 0.3 is 0 Å². The number of phenolic OH excluding ortho intramolecular Hbond substituents is 1. The number of carbonyl (C=O) groups excluding carboxylic acids is 1. The number of Topliss-reactive ketones (excluding diaryl/α,β-unsaturated/α-hetero) is 1. The first-order chi connectivity index (χ1) is 7.27. The fourth-order valence-corrected chi connectivity index (χ4v) is 2.22. The Bertz CT molecular complexity index is 357. The average molecular weight is 204 g/mol. The van der Waals surface area contributed by atoms with E-state index in [1.807, 2.05) is 18.2 Å². The van der Waals surface area contributed by atoms with Gasteiger partial charge in [0.25, 0.3) is 0 Å². The largest absolute Gasteiger partial charge is 0.508 e. The number of rotatable bonds is 2. The van der Waals surface area contributed by atoms with Gasteiger partial charge in [-0.05, 0) is 30.9 Å². The highest BCUT2D eigenvalue weighted by atomic mass is 16.3. The van der Waals surface area contributed by atoms with E-state index in [9.17, 15) is 9.90 Å². The van der Waals surface area contributed by atoms with Gasteiger partial charge in [0, 0.05) is 12.3 Å². The number of hydrogen-bond donors (Lipinski definition) is 1. The maximum atomic E-state index is 11.6. The molecule has 1 aromatic rings. The molecule has 0 unspecified atom stereocenters. The van der Waals surface area contributed by atoms with Crippen molar-refractivity contribution in [2.75, 3.05) is 0 Å². The van der Waals surface area contributed by atoms with E-state index in [0.29, 0.717) is 18.0 Å². The van der Waals surface area contributed by atoms with Crippen LogP contribution in [0, 0.1) is 5.92 Å². The van der Waals surface area contributed by atoms with Gasteiger partial charge < -0.3 is 5.11 Å². The highest BCUT2D eigenvalue weighted by molar-refractivity contribution is 5.82. The Kier molecular flexibility index (Phi) is 3.05. The Labute approximate surface area is 89.9 Å². The van der Waals surface area contributed by atoms with Gasteiger partial charge in [0.15, 0.2) is 0 Å². The SMILES string of the molecule is O=C1CCCC[C@H]1Cc1ccccc1O. The van der Waals surface area contributed by atoms with Gasteiger partial charge in [-0.15, -0.1) is 0 Å². The lowest BCUT2D eigenvalue weighted by molar-refractivity contribution is -0.124. The van der Waals surface area contributed by atoms with E-state index in [-0.39, 0.29) is 5.92 Å². The molecule has 0 saturated heterocycles. The molecule has 0 heterocycles. The van der Waals surface area contributed by atoms with Crippen molar-refractivity contribution in [3.05, 3.63) is 29.8 Å². The first-order valence-corrected chi connectivity index (χ1v) is 5.57. The van der Waals surface area contributed by atoms with E-state index in [1.54, 1.807) is 6.07 Å². The van der Waals surface area contributed by atoms with Gasteiger partial charge in [0.2, 0.25) is 0 Å². The topological polar surface area (TPSA) is 37.3 Å². The van der Waals surface area contributed by atoms with Gasteiger partial charge in [-0.25, -0.2) is 0 Å². The Balaban J connectivity index is 2.08. The van der Waals surface area contributed by atoms with Crippen LogP contribution in [0.1, 0.15) is 31.2 Å². The molecule has 1 atom stereocenters. The quantitative estimate of drug-likeness (QED) is 0.804. The van der Waals surface area contributed by atoms with Crippen LogP contribution >= 0.6 is 0 Å². The molecule has 80 valence electrons. The molecule has 0 spiro atoms. The normalized spacial score (nSPS) is 21.6. The molecule has 1 N–H and O–H groups in total. The number of ketones is 1. The van der Waals surface area contributed by atoms with E-state index in [1.165, 1.54) is 0 Å². The lowest BCUT2D eigenvalue weighted by atomic mass is 9.83. The number of hydrogen-bond acceptors (Lipinski definition) is 2. The van der Waals surface area contributed by atoms with Crippen molar-refractivity contribution < 1.29 is 9.90 Å². The van der Waals surface area contributed by atoms with Crippen molar-refractivity contribution in [1.82, 2.24) is 0 Å². The summed E-state index contributed by atoms with van der Waals surface area (Å²) in [7, 11) is 0. The van der Waals surface area contributed by atoms with Crippen molar-refractivity contribution in [2.24, 2.45) is 5.92 Å². The summed E-state index contributed by atoms with van der Waals surface area (Å²) in [4.78, 5) is 11.6. The number of benzene rings is 1. The zero-order chi connectivity index (χ0) is 10.7. The lowest BCUT2D eigenvalue weighted by Crippen LogP contribution is -2.21. The molecule has 2 nitrogen and oxygen atoms in total. The van der Waals surface area contributed by atoms with Crippen molar-refractivity contribution >= 4 is 5.78 Å². The van der Waals surface area contributed by atoms with E-state index in [2.05, 4.69) is 0 Å². The summed E-state index contributed by atoms with van der Waals surface area (Å²) in [5, 5.41) is 9.62. The summed E-state index contributed by atoms with van der Waals surface area (Å²) in [6.45, 7) is 0. The second kappa shape index (κ2) is 4.47. The van der Waals surface area contributed by atoms with E-state index in [0.717, 1.165) is 31.2 Å². The van der Waals surface area contributed by atoms with Crippen LogP contribution in [-0.2, 0) is 11.2 Å². The highest BCUT2D eigenvalue weighted by Gasteiger charge is 2.22. The molecule has 1 aromatic carbocycles. The molecule has 0 radical (unpaired) electrons. The van der Waals surface area contributed by atoms with Crippen LogP contribution in [0.25, 0.3) is 0 Å². The Morgan fingerprint density at radius 2 is 2.07 bits per heavy atom. The van der Waals surface area contributed by atoms with Gasteiger partial charge in [-0.1, -0.05) is 24.6 Å². The number of carbonyl (C=O) groups is 1. The van der Waals surface area contributed by atoms with Gasteiger partial charge in [0.1, 0.15) is 11.5 Å². The number of phenols is 1. The van der Waals surface area contributed by atoms with E-state index in [4.69, 9.17) is 0 Å². The summed E-state index contributed by atoms with van der Waals surface area (Å²) in [6, 6.07) is 7.30. The Hall–Kier alpha value is -1.31. The second-order valence-electron chi connectivity index (χ2n) is 4.24. The predicted octanol–water partition coefficient (Wildman–Crippen LogP) is 2.69. The smallest absolute Gasteiger partial charge is 0.136 e. The third-order valence-corrected chi connectivity index (χ3v) is 3.14. The number of para-hydroxylation sites is 1. The van der Waals surface area contributed by atoms with Crippen LogP contribution in [0.3, 0.4) is 0 Å². The lowest BCUT2D eigenvalue weighted by Gasteiger charge is -2.20. The van der Waals surface area contributed by atoms with E-state index < -0.39 is 0 Å². The minimum Gasteiger partial charge on any atom is -0.508 e. The fraction of sp³-hybridized carbons (Fsp3) is 0.462. The Morgan fingerprint density at radius 1 is 1.27 bits per heavy atom.